The van der Waals surface area contributed by atoms with E-state index >= 15 is 0 Å². The van der Waals surface area contributed by atoms with Gasteiger partial charge >= 0.3 is 29.6 Å². The molecule has 0 aliphatic heterocycles. The minimum absolute atomic E-state index is 0. The first-order valence-electron chi connectivity index (χ1n) is 2.27. The van der Waals surface area contributed by atoms with Gasteiger partial charge in [-0.3, -0.25) is 0 Å². The number of nitrogens with two attached hydrogens (primary N) is 1. The van der Waals surface area contributed by atoms with Crippen LogP contribution in [0.1, 0.15) is 20.8 Å². The van der Waals surface area contributed by atoms with Crippen LogP contribution in [-0.2, 0) is 10.0 Å². The fraction of sp³-hybridized carbons (Fsp3) is 1.00. The van der Waals surface area contributed by atoms with Crippen molar-refractivity contribution in [2.45, 2.75) is 25.5 Å². The summed E-state index contributed by atoms with van der Waals surface area (Å²) in [5, 5.41) is 4.78. The minimum atomic E-state index is -3.34. The Kier molecular flexibility index (Phi) is 4.67. The average molecular weight is 161 g/mol. The van der Waals surface area contributed by atoms with Crippen molar-refractivity contribution in [3.63, 3.8) is 0 Å². The van der Waals surface area contributed by atoms with Gasteiger partial charge in [-0.25, -0.2) is 13.6 Å². The number of hydrogen-bond donors (Lipinski definition) is 1. The van der Waals surface area contributed by atoms with Crippen LogP contribution < -0.4 is 5.14 Å². The second-order valence-electron chi connectivity index (χ2n) is 2.66. The Hall–Kier alpha value is 0.910. The third kappa shape index (κ3) is 4.33. The Morgan fingerprint density at radius 2 is 1.33 bits per heavy atom. The van der Waals surface area contributed by atoms with Crippen LogP contribution in [0.4, 0.5) is 0 Å². The van der Waals surface area contributed by atoms with E-state index in [4.69, 9.17) is 5.14 Å². The van der Waals surface area contributed by atoms with Gasteiger partial charge in [-0.2, -0.15) is 0 Å². The molecular weight excluding hydrogens is 149 g/mol. The quantitative estimate of drug-likeness (QED) is 0.483. The molecule has 9 heavy (non-hydrogen) atoms. The maximum absolute atomic E-state index is 10.4. The molecule has 0 bridgehead atoms. The van der Waals surface area contributed by atoms with Gasteiger partial charge in [0, 0.05) is 0 Å². The van der Waals surface area contributed by atoms with E-state index in [1.165, 1.54) is 0 Å². The van der Waals surface area contributed by atoms with Gasteiger partial charge in [-0.1, -0.05) is 0 Å². The van der Waals surface area contributed by atoms with E-state index in [9.17, 15) is 8.42 Å². The predicted molar refractivity (Wildman–Crippen MR) is 40.0 cm³/mol. The van der Waals surface area contributed by atoms with Crippen LogP contribution >= 0.6 is 0 Å². The van der Waals surface area contributed by atoms with Crippen molar-refractivity contribution in [2.75, 3.05) is 0 Å². The summed E-state index contributed by atoms with van der Waals surface area (Å²) in [7, 11) is -3.34. The molecule has 5 heteroatoms. The Bertz CT molecular complexity index is 167. The first-order valence-corrected chi connectivity index (χ1v) is 3.82. The zero-order chi connectivity index (χ0) is 7.00. The summed E-state index contributed by atoms with van der Waals surface area (Å²) in [5.41, 5.74) is 0. The van der Waals surface area contributed by atoms with Crippen molar-refractivity contribution >= 4 is 39.6 Å². The standard InChI is InChI=1S/C4H11NO2S.Na.H/c1-4(2,3)8(5,6)7;;/h1-3H3,(H2,5,6,7);;. The molecule has 2 N–H and O–H groups in total. The summed E-state index contributed by atoms with van der Waals surface area (Å²) in [5.74, 6) is 0. The van der Waals surface area contributed by atoms with Gasteiger partial charge in [0.15, 0.2) is 0 Å². The van der Waals surface area contributed by atoms with E-state index in [0.717, 1.165) is 0 Å². The molecule has 3 nitrogen and oxygen atoms in total. The second kappa shape index (κ2) is 3.34. The maximum atomic E-state index is 10.4. The molecule has 0 saturated carbocycles. The molecule has 0 fully saturated rings. The summed E-state index contributed by atoms with van der Waals surface area (Å²) >= 11 is 0. The molecule has 0 saturated heterocycles. The number of rotatable bonds is 0. The molecule has 0 aromatic rings. The van der Waals surface area contributed by atoms with Crippen LogP contribution in [-0.4, -0.2) is 42.7 Å². The molecule has 0 unspecified atom stereocenters. The van der Waals surface area contributed by atoms with Crippen molar-refractivity contribution in [1.29, 1.82) is 0 Å². The van der Waals surface area contributed by atoms with E-state index < -0.39 is 14.8 Å². The molecule has 52 valence electrons. The Morgan fingerprint density at radius 1 is 1.22 bits per heavy atom. The van der Waals surface area contributed by atoms with Gasteiger partial charge in [-0.05, 0) is 20.8 Å². The van der Waals surface area contributed by atoms with Gasteiger partial charge in [0.05, 0.1) is 4.75 Å². The molecular formula is C4H12NNaO2S. The SMILES string of the molecule is CC(C)(C)S(N)(=O)=O.[NaH]. The van der Waals surface area contributed by atoms with Gasteiger partial charge in [0.25, 0.3) is 0 Å². The Labute approximate surface area is 78.3 Å². The third-order valence-electron chi connectivity index (χ3n) is 0.854. The van der Waals surface area contributed by atoms with Crippen molar-refractivity contribution < 1.29 is 8.42 Å². The summed E-state index contributed by atoms with van der Waals surface area (Å²) in [4.78, 5) is 0. The number of hydrogen-bond acceptors (Lipinski definition) is 2. The van der Waals surface area contributed by atoms with Gasteiger partial charge in [0.2, 0.25) is 10.0 Å². The van der Waals surface area contributed by atoms with E-state index in [0.29, 0.717) is 0 Å². The summed E-state index contributed by atoms with van der Waals surface area (Å²) in [6, 6.07) is 0. The van der Waals surface area contributed by atoms with E-state index in [-0.39, 0.29) is 29.6 Å². The van der Waals surface area contributed by atoms with Gasteiger partial charge in [0.1, 0.15) is 0 Å². The predicted octanol–water partition coefficient (Wildman–Crippen LogP) is -0.575. The number of primary sulfonamides is 1. The molecule has 0 radical (unpaired) electrons. The van der Waals surface area contributed by atoms with Crippen LogP contribution in [0.25, 0.3) is 0 Å². The molecule has 0 rings (SSSR count). The van der Waals surface area contributed by atoms with Crippen LogP contribution in [0.3, 0.4) is 0 Å². The molecule has 0 aromatic heterocycles. The van der Waals surface area contributed by atoms with Gasteiger partial charge in [-0.15, -0.1) is 0 Å². The van der Waals surface area contributed by atoms with Crippen molar-refractivity contribution in [3.8, 4) is 0 Å². The number of sulfonamides is 1. The average Bonchev–Trinajstić information content (AvgIpc) is 1.25. The van der Waals surface area contributed by atoms with E-state index in [1.807, 2.05) is 0 Å². The van der Waals surface area contributed by atoms with Crippen LogP contribution in [0.5, 0.6) is 0 Å². The van der Waals surface area contributed by atoms with Crippen LogP contribution in [0, 0.1) is 0 Å². The van der Waals surface area contributed by atoms with Gasteiger partial charge < -0.3 is 0 Å². The Morgan fingerprint density at radius 3 is 1.33 bits per heavy atom. The van der Waals surface area contributed by atoms with Crippen molar-refractivity contribution in [2.24, 2.45) is 5.14 Å². The van der Waals surface area contributed by atoms with E-state index in [1.54, 1.807) is 20.8 Å². The molecule has 0 aromatic carbocycles. The molecule has 0 spiro atoms. The first kappa shape index (κ1) is 12.6. The summed E-state index contributed by atoms with van der Waals surface area (Å²) in [6.45, 7) is 4.67. The zero-order valence-electron chi connectivity index (χ0n) is 5.30. The Balaban J connectivity index is 0. The molecule has 0 atom stereocenters. The fourth-order valence-electron chi connectivity index (χ4n) is 0. The summed E-state index contributed by atoms with van der Waals surface area (Å²) < 4.78 is 20.0. The molecule has 0 aliphatic carbocycles. The fourth-order valence-corrected chi connectivity index (χ4v) is 0. The first-order chi connectivity index (χ1) is 3.25. The van der Waals surface area contributed by atoms with E-state index in [2.05, 4.69) is 0 Å². The molecule has 0 aliphatic rings. The van der Waals surface area contributed by atoms with Crippen molar-refractivity contribution in [3.05, 3.63) is 0 Å². The normalized spacial score (nSPS) is 12.4. The molecule has 0 amide bonds. The third-order valence-corrected chi connectivity index (χ3v) is 2.56. The zero-order valence-corrected chi connectivity index (χ0v) is 6.12. The van der Waals surface area contributed by atoms with Crippen molar-refractivity contribution in [1.82, 2.24) is 0 Å². The second-order valence-corrected chi connectivity index (χ2v) is 4.97. The van der Waals surface area contributed by atoms with Crippen LogP contribution in [0.15, 0.2) is 0 Å². The summed E-state index contributed by atoms with van der Waals surface area (Å²) in [6.07, 6.45) is 0. The van der Waals surface area contributed by atoms with Crippen LogP contribution in [0.2, 0.25) is 0 Å². The molecule has 0 heterocycles. The topological polar surface area (TPSA) is 60.2 Å². The monoisotopic (exact) mass is 161 g/mol.